The quantitative estimate of drug-likeness (QED) is 0.272. The Morgan fingerprint density at radius 1 is 0.609 bits per heavy atom. The zero-order valence-corrected chi connectivity index (χ0v) is 13.6. The van der Waals surface area contributed by atoms with Crippen LogP contribution in [0.2, 0.25) is 0 Å². The molecule has 0 unspecified atom stereocenters. The van der Waals surface area contributed by atoms with Gasteiger partial charge in [-0.1, -0.05) is 0 Å². The summed E-state index contributed by atoms with van der Waals surface area (Å²) in [6.07, 6.45) is 0. The molecular formula is C6H7NO12S4. The van der Waals surface area contributed by atoms with Crippen molar-refractivity contribution in [3.63, 3.8) is 0 Å². The minimum absolute atomic E-state index is 0.0454. The van der Waals surface area contributed by atoms with Gasteiger partial charge in [-0.25, -0.2) is 0 Å². The number of nitrogens with two attached hydrogens (primary N) is 1. The standard InChI is InChI=1S/C6H7NO12S4/c7-2-1-3(20(8,9)10)5(22(14,15)16)6(23(17,18)19)4(2)21(11,12)13/h1H,7H2,(H,8,9,10)(H,11,12,13)(H,14,15,16)(H,17,18,19). The normalized spacial score (nSPS) is 13.9. The summed E-state index contributed by atoms with van der Waals surface area (Å²) in [6.45, 7) is 0. The van der Waals surface area contributed by atoms with Crippen LogP contribution in [0.5, 0.6) is 0 Å². The third-order valence-electron chi connectivity index (χ3n) is 2.24. The van der Waals surface area contributed by atoms with Gasteiger partial charge in [0, 0.05) is 0 Å². The van der Waals surface area contributed by atoms with Gasteiger partial charge in [0.15, 0.2) is 0 Å². The fourth-order valence-electron chi connectivity index (χ4n) is 1.55. The van der Waals surface area contributed by atoms with E-state index in [4.69, 9.17) is 23.9 Å². The Kier molecular flexibility index (Phi) is 4.58. The summed E-state index contributed by atoms with van der Waals surface area (Å²) in [7, 11) is -22.9. The first-order valence-electron chi connectivity index (χ1n) is 4.75. The Morgan fingerprint density at radius 3 is 1.22 bits per heavy atom. The number of anilines is 1. The first-order valence-corrected chi connectivity index (χ1v) is 10.5. The topological polar surface area (TPSA) is 243 Å². The van der Waals surface area contributed by atoms with Crippen LogP contribution < -0.4 is 5.73 Å². The first-order chi connectivity index (χ1) is 9.88. The number of benzene rings is 1. The molecule has 0 bridgehead atoms. The molecule has 6 N–H and O–H groups in total. The zero-order chi connectivity index (χ0) is 18.6. The average Bonchev–Trinajstić information content (AvgIpc) is 2.21. The minimum atomic E-state index is -5.87. The van der Waals surface area contributed by atoms with Gasteiger partial charge in [-0.3, -0.25) is 18.2 Å². The molecule has 0 radical (unpaired) electrons. The van der Waals surface area contributed by atoms with Gasteiger partial charge < -0.3 is 5.73 Å². The maximum absolute atomic E-state index is 11.3. The highest BCUT2D eigenvalue weighted by molar-refractivity contribution is 7.91. The Bertz CT molecular complexity index is 1090. The van der Waals surface area contributed by atoms with Gasteiger partial charge in [0.2, 0.25) is 0 Å². The Morgan fingerprint density at radius 2 is 0.957 bits per heavy atom. The molecule has 1 rings (SSSR count). The summed E-state index contributed by atoms with van der Waals surface area (Å²) in [4.78, 5) is -8.18. The Labute approximate surface area is 129 Å². The predicted molar refractivity (Wildman–Crippen MR) is 70.1 cm³/mol. The van der Waals surface area contributed by atoms with E-state index in [2.05, 4.69) is 0 Å². The van der Waals surface area contributed by atoms with Crippen molar-refractivity contribution in [1.82, 2.24) is 0 Å². The molecule has 0 atom stereocenters. The molecule has 1 aromatic carbocycles. The lowest BCUT2D eigenvalue weighted by Gasteiger charge is -2.14. The van der Waals surface area contributed by atoms with E-state index >= 15 is 0 Å². The van der Waals surface area contributed by atoms with Gasteiger partial charge >= 0.3 is 0 Å². The lowest BCUT2D eigenvalue weighted by atomic mass is 10.3. The molecule has 0 amide bonds. The van der Waals surface area contributed by atoms with E-state index in [-0.39, 0.29) is 6.07 Å². The summed E-state index contributed by atoms with van der Waals surface area (Å²) < 4.78 is 125. The summed E-state index contributed by atoms with van der Waals surface area (Å²) >= 11 is 0. The van der Waals surface area contributed by atoms with Crippen LogP contribution in [0.25, 0.3) is 0 Å². The molecule has 0 aliphatic rings. The van der Waals surface area contributed by atoms with Crippen LogP contribution in [-0.4, -0.2) is 51.9 Å². The van der Waals surface area contributed by atoms with Crippen LogP contribution >= 0.6 is 0 Å². The van der Waals surface area contributed by atoms with Gasteiger partial charge in [0.25, 0.3) is 40.5 Å². The van der Waals surface area contributed by atoms with Crippen LogP contribution in [0.15, 0.2) is 25.6 Å². The summed E-state index contributed by atoms with van der Waals surface area (Å²) in [5.74, 6) is 0. The molecule has 23 heavy (non-hydrogen) atoms. The number of nitrogen functional groups attached to an aromatic ring is 1. The second-order valence-electron chi connectivity index (χ2n) is 3.85. The fraction of sp³-hybridized carbons (Fsp3) is 0. The first kappa shape index (κ1) is 19.7. The third kappa shape index (κ3) is 3.95. The number of hydrogen-bond donors (Lipinski definition) is 5. The lowest BCUT2D eigenvalue weighted by molar-refractivity contribution is 0.447. The van der Waals surface area contributed by atoms with E-state index in [0.29, 0.717) is 0 Å². The molecule has 0 spiro atoms. The molecule has 0 aromatic heterocycles. The second-order valence-corrected chi connectivity index (χ2v) is 9.32. The van der Waals surface area contributed by atoms with Crippen molar-refractivity contribution >= 4 is 46.2 Å². The van der Waals surface area contributed by atoms with Crippen molar-refractivity contribution in [1.29, 1.82) is 0 Å². The average molecular weight is 413 g/mol. The number of rotatable bonds is 4. The van der Waals surface area contributed by atoms with Crippen molar-refractivity contribution in [2.75, 3.05) is 5.73 Å². The SMILES string of the molecule is Nc1cc(S(=O)(=O)O)c(S(=O)(=O)O)c(S(=O)(=O)O)c1S(=O)(=O)O. The van der Waals surface area contributed by atoms with Gasteiger partial charge in [-0.2, -0.15) is 33.7 Å². The van der Waals surface area contributed by atoms with E-state index in [1.165, 1.54) is 0 Å². The minimum Gasteiger partial charge on any atom is -0.398 e. The molecule has 132 valence electrons. The van der Waals surface area contributed by atoms with Crippen molar-refractivity contribution in [3.05, 3.63) is 6.07 Å². The van der Waals surface area contributed by atoms with Gasteiger partial charge in [0.1, 0.15) is 19.6 Å². The van der Waals surface area contributed by atoms with Crippen LogP contribution in [0.3, 0.4) is 0 Å². The molecule has 0 heterocycles. The highest BCUT2D eigenvalue weighted by Crippen LogP contribution is 2.37. The highest BCUT2D eigenvalue weighted by Gasteiger charge is 2.39. The Hall–Kier alpha value is -1.34. The van der Waals surface area contributed by atoms with Crippen molar-refractivity contribution < 1.29 is 51.9 Å². The van der Waals surface area contributed by atoms with Crippen LogP contribution in [0.4, 0.5) is 5.69 Å². The monoisotopic (exact) mass is 413 g/mol. The molecule has 0 saturated heterocycles. The smallest absolute Gasteiger partial charge is 0.298 e. The van der Waals surface area contributed by atoms with Crippen LogP contribution in [0.1, 0.15) is 0 Å². The summed E-state index contributed by atoms with van der Waals surface area (Å²) in [6, 6.07) is -0.0454. The second kappa shape index (κ2) is 5.34. The van der Waals surface area contributed by atoms with Gasteiger partial charge in [-0.05, 0) is 6.07 Å². The molecule has 0 saturated carbocycles. The molecule has 0 aliphatic heterocycles. The molecule has 0 fully saturated rings. The summed E-state index contributed by atoms with van der Waals surface area (Å²) in [5, 5.41) is 0. The largest absolute Gasteiger partial charge is 0.398 e. The van der Waals surface area contributed by atoms with Crippen LogP contribution in [0, 0.1) is 0 Å². The third-order valence-corrected chi connectivity index (χ3v) is 6.32. The van der Waals surface area contributed by atoms with E-state index in [1.54, 1.807) is 0 Å². The number of hydrogen-bond acceptors (Lipinski definition) is 9. The molecular weight excluding hydrogens is 406 g/mol. The van der Waals surface area contributed by atoms with E-state index in [9.17, 15) is 33.7 Å². The van der Waals surface area contributed by atoms with E-state index in [1.807, 2.05) is 0 Å². The maximum atomic E-state index is 11.3. The zero-order valence-electron chi connectivity index (χ0n) is 10.3. The maximum Gasteiger partial charge on any atom is 0.298 e. The van der Waals surface area contributed by atoms with Crippen molar-refractivity contribution in [3.8, 4) is 0 Å². The van der Waals surface area contributed by atoms with Crippen molar-refractivity contribution in [2.24, 2.45) is 0 Å². The van der Waals surface area contributed by atoms with Gasteiger partial charge in [0.05, 0.1) is 5.69 Å². The molecule has 13 nitrogen and oxygen atoms in total. The lowest BCUT2D eigenvalue weighted by Crippen LogP contribution is -2.20. The molecule has 0 aliphatic carbocycles. The highest BCUT2D eigenvalue weighted by atomic mass is 32.2. The fourth-order valence-corrected chi connectivity index (χ4v) is 6.23. The predicted octanol–water partition coefficient (Wildman–Crippen LogP) is -1.74. The molecule has 17 heteroatoms. The van der Waals surface area contributed by atoms with E-state index in [0.717, 1.165) is 0 Å². The summed E-state index contributed by atoms with van der Waals surface area (Å²) in [5.41, 5.74) is 3.70. The van der Waals surface area contributed by atoms with Crippen molar-refractivity contribution in [2.45, 2.75) is 19.6 Å². The molecule has 1 aromatic rings. The van der Waals surface area contributed by atoms with Crippen LogP contribution in [-0.2, 0) is 40.5 Å². The Balaban J connectivity index is 4.56. The van der Waals surface area contributed by atoms with E-state index < -0.39 is 65.7 Å². The van der Waals surface area contributed by atoms with Gasteiger partial charge in [-0.15, -0.1) is 0 Å².